The van der Waals surface area contributed by atoms with Crippen LogP contribution in [0.25, 0.3) is 0 Å². The average Bonchev–Trinajstić information content (AvgIpc) is 2.80. The van der Waals surface area contributed by atoms with E-state index in [0.29, 0.717) is 6.42 Å². The number of esters is 1. The molecule has 198 valence electrons. The van der Waals surface area contributed by atoms with Crippen molar-refractivity contribution in [3.05, 3.63) is 0 Å². The van der Waals surface area contributed by atoms with E-state index in [4.69, 9.17) is 5.11 Å². The molecule has 0 radical (unpaired) electrons. The van der Waals surface area contributed by atoms with Crippen molar-refractivity contribution < 1.29 is 45.3 Å². The fourth-order valence-corrected chi connectivity index (χ4v) is 3.61. The van der Waals surface area contributed by atoms with E-state index in [0.717, 1.165) is 25.7 Å². The van der Waals surface area contributed by atoms with E-state index in [2.05, 4.69) is 11.7 Å². The Morgan fingerprint density at radius 2 is 1.09 bits per heavy atom. The summed E-state index contributed by atoms with van der Waals surface area (Å²) in [6.45, 7) is 0.584. The molecule has 0 aromatic heterocycles. The second-order valence-electron chi connectivity index (χ2n) is 9.06. The van der Waals surface area contributed by atoms with Gasteiger partial charge in [-0.15, -0.1) is 0 Å². The van der Waals surface area contributed by atoms with E-state index in [1.807, 2.05) is 0 Å². The molecule has 0 bridgehead atoms. The fourth-order valence-electron chi connectivity index (χ4n) is 3.61. The minimum atomic E-state index is -2.70. The quantitative estimate of drug-likeness (QED) is 0.0690. The molecule has 9 heteroatoms. The monoisotopic (exact) mass is 480 g/mol. The molecular weight excluding hydrogens is 432 g/mol. The summed E-state index contributed by atoms with van der Waals surface area (Å²) in [5.74, 6) is -4.06. The number of aliphatic hydroxyl groups is 7. The van der Waals surface area contributed by atoms with Crippen molar-refractivity contribution in [2.75, 3.05) is 13.2 Å². The van der Waals surface area contributed by atoms with Crippen LogP contribution in [-0.2, 0) is 9.53 Å². The van der Waals surface area contributed by atoms with Gasteiger partial charge in [0, 0.05) is 6.42 Å². The maximum Gasteiger partial charge on any atom is 0.366 e. The van der Waals surface area contributed by atoms with Crippen LogP contribution in [0.15, 0.2) is 0 Å². The molecule has 0 heterocycles. The lowest BCUT2D eigenvalue weighted by molar-refractivity contribution is -0.216. The number of aliphatic hydroxyl groups excluding tert-OH is 5. The van der Waals surface area contributed by atoms with Gasteiger partial charge in [-0.1, -0.05) is 90.4 Å². The summed E-state index contributed by atoms with van der Waals surface area (Å²) in [6, 6.07) is 0. The summed E-state index contributed by atoms with van der Waals surface area (Å²) in [6.07, 6.45) is 8.64. The van der Waals surface area contributed by atoms with E-state index in [1.165, 1.54) is 57.8 Å². The smallest absolute Gasteiger partial charge is 0.366 e. The number of rotatable bonds is 22. The molecule has 4 atom stereocenters. The molecule has 7 N–H and O–H groups in total. The van der Waals surface area contributed by atoms with Crippen LogP contribution in [0.4, 0.5) is 0 Å². The second kappa shape index (κ2) is 19.5. The molecule has 33 heavy (non-hydrogen) atoms. The normalized spacial score (nSPS) is 15.8. The number of ether oxygens (including phenoxy) is 1. The molecule has 0 amide bonds. The third kappa shape index (κ3) is 15.7. The lowest BCUT2D eigenvalue weighted by Crippen LogP contribution is -2.48. The van der Waals surface area contributed by atoms with Crippen molar-refractivity contribution >= 4 is 5.97 Å². The third-order valence-corrected chi connectivity index (χ3v) is 5.92. The molecule has 0 aliphatic heterocycles. The Hall–Kier alpha value is -0.810. The topological polar surface area (TPSA) is 168 Å². The van der Waals surface area contributed by atoms with Crippen LogP contribution in [0.3, 0.4) is 0 Å². The van der Waals surface area contributed by atoms with Crippen LogP contribution >= 0.6 is 0 Å². The first kappa shape index (κ1) is 32.2. The van der Waals surface area contributed by atoms with E-state index < -0.39 is 49.4 Å². The third-order valence-electron chi connectivity index (χ3n) is 5.92. The SMILES string of the molecule is CCCCCCCCCCCCCCCCC(O)(O)C(=O)OC[C@H](O)[C@@H](O)[C@H](O)[C@H](O)CO. The van der Waals surface area contributed by atoms with Gasteiger partial charge in [-0.05, 0) is 6.42 Å². The molecule has 0 saturated carbocycles. The van der Waals surface area contributed by atoms with Gasteiger partial charge in [0.15, 0.2) is 0 Å². The zero-order valence-corrected chi connectivity index (χ0v) is 20.3. The molecule has 0 aliphatic carbocycles. The van der Waals surface area contributed by atoms with Crippen molar-refractivity contribution in [1.82, 2.24) is 0 Å². The molecule has 0 fully saturated rings. The lowest BCUT2D eigenvalue weighted by atomic mass is 10.0. The van der Waals surface area contributed by atoms with E-state index >= 15 is 0 Å². The summed E-state index contributed by atoms with van der Waals surface area (Å²) in [5.41, 5.74) is 0. The highest BCUT2D eigenvalue weighted by Gasteiger charge is 2.36. The first-order chi connectivity index (χ1) is 15.7. The molecule has 9 nitrogen and oxygen atoms in total. The van der Waals surface area contributed by atoms with Crippen LogP contribution in [0, 0.1) is 0 Å². The minimum Gasteiger partial charge on any atom is -0.459 e. The Balaban J connectivity index is 3.81. The van der Waals surface area contributed by atoms with Crippen molar-refractivity contribution in [2.45, 2.75) is 133 Å². The van der Waals surface area contributed by atoms with Gasteiger partial charge in [-0.3, -0.25) is 0 Å². The van der Waals surface area contributed by atoms with Crippen molar-refractivity contribution in [3.63, 3.8) is 0 Å². The highest BCUT2D eigenvalue weighted by atomic mass is 16.6. The predicted molar refractivity (Wildman–Crippen MR) is 124 cm³/mol. The van der Waals surface area contributed by atoms with Crippen molar-refractivity contribution in [2.24, 2.45) is 0 Å². The molecule has 0 aliphatic rings. The van der Waals surface area contributed by atoms with Crippen molar-refractivity contribution in [1.29, 1.82) is 0 Å². The van der Waals surface area contributed by atoms with Crippen LogP contribution in [0.2, 0.25) is 0 Å². The molecular formula is C24H48O9. The maximum atomic E-state index is 11.8. The minimum absolute atomic E-state index is 0.214. The average molecular weight is 481 g/mol. The molecule has 0 aromatic carbocycles. The van der Waals surface area contributed by atoms with Crippen LogP contribution in [0.1, 0.15) is 103 Å². The summed E-state index contributed by atoms with van der Waals surface area (Å²) < 4.78 is 4.62. The summed E-state index contributed by atoms with van der Waals surface area (Å²) in [5, 5.41) is 66.6. The zero-order valence-electron chi connectivity index (χ0n) is 20.3. The fraction of sp³-hybridized carbons (Fsp3) is 0.958. The van der Waals surface area contributed by atoms with Gasteiger partial charge in [0.05, 0.1) is 6.61 Å². The number of carbonyl (C=O) groups is 1. The van der Waals surface area contributed by atoms with Gasteiger partial charge in [0.1, 0.15) is 31.0 Å². The Morgan fingerprint density at radius 3 is 1.52 bits per heavy atom. The number of hydrogen-bond donors (Lipinski definition) is 7. The maximum absolute atomic E-state index is 11.8. The number of hydrogen-bond acceptors (Lipinski definition) is 9. The second-order valence-corrected chi connectivity index (χ2v) is 9.06. The number of unbranched alkanes of at least 4 members (excludes halogenated alkanes) is 13. The van der Waals surface area contributed by atoms with E-state index in [1.54, 1.807) is 0 Å². The highest BCUT2D eigenvalue weighted by Crippen LogP contribution is 2.17. The van der Waals surface area contributed by atoms with Crippen molar-refractivity contribution in [3.8, 4) is 0 Å². The summed E-state index contributed by atoms with van der Waals surface area (Å²) >= 11 is 0. The Labute approximate surface area is 198 Å². The van der Waals surface area contributed by atoms with Crippen LogP contribution in [-0.4, -0.2) is 85.1 Å². The molecule has 0 spiro atoms. The Morgan fingerprint density at radius 1 is 0.697 bits per heavy atom. The summed E-state index contributed by atoms with van der Waals surface area (Å²) in [4.78, 5) is 11.8. The van der Waals surface area contributed by atoms with Crippen LogP contribution in [0.5, 0.6) is 0 Å². The van der Waals surface area contributed by atoms with Gasteiger partial charge in [-0.25, -0.2) is 4.79 Å². The summed E-state index contributed by atoms with van der Waals surface area (Å²) in [7, 11) is 0. The zero-order chi connectivity index (χ0) is 25.1. The molecule has 0 saturated heterocycles. The van der Waals surface area contributed by atoms with Crippen LogP contribution < -0.4 is 0 Å². The number of carbonyl (C=O) groups excluding carboxylic acids is 1. The van der Waals surface area contributed by atoms with Gasteiger partial charge in [0.25, 0.3) is 5.79 Å². The molecule has 0 unspecified atom stereocenters. The predicted octanol–water partition coefficient (Wildman–Crippen LogP) is 1.52. The lowest BCUT2D eigenvalue weighted by Gasteiger charge is -2.26. The first-order valence-electron chi connectivity index (χ1n) is 12.6. The first-order valence-corrected chi connectivity index (χ1v) is 12.6. The highest BCUT2D eigenvalue weighted by molar-refractivity contribution is 5.77. The Bertz CT molecular complexity index is 473. The molecule has 0 rings (SSSR count). The molecule has 0 aromatic rings. The van der Waals surface area contributed by atoms with Gasteiger partial charge in [-0.2, -0.15) is 0 Å². The van der Waals surface area contributed by atoms with E-state index in [-0.39, 0.29) is 6.42 Å². The van der Waals surface area contributed by atoms with Gasteiger partial charge >= 0.3 is 5.97 Å². The van der Waals surface area contributed by atoms with E-state index in [9.17, 15) is 35.4 Å². The standard InChI is InChI=1S/C24H48O9/c1-2-3-4-5-6-7-8-9-10-11-12-13-14-15-16-24(31,32)23(30)33-18-20(27)22(29)21(28)19(26)17-25/h19-22,25-29,31-32H,2-18H2,1H3/t19-,20+,21-,22-/m1/s1. The Kier molecular flexibility index (Phi) is 19.0. The largest absolute Gasteiger partial charge is 0.459 e. The van der Waals surface area contributed by atoms with Gasteiger partial charge in [0.2, 0.25) is 0 Å². The van der Waals surface area contributed by atoms with Gasteiger partial charge < -0.3 is 40.5 Å².